The fourth-order valence-corrected chi connectivity index (χ4v) is 3.09. The van der Waals surface area contributed by atoms with Crippen LogP contribution in [0.25, 0.3) is 0 Å². The van der Waals surface area contributed by atoms with Gasteiger partial charge in [0.05, 0.1) is 0 Å². The SMILES string of the molecule is Cc1ccc(CSc2c(C)cccc2C(=O)C(=O)O)cc1. The van der Waals surface area contributed by atoms with E-state index in [1.165, 1.54) is 17.3 Å². The van der Waals surface area contributed by atoms with Gasteiger partial charge in [-0.3, -0.25) is 4.79 Å². The second-order valence-corrected chi connectivity index (χ2v) is 5.85. The van der Waals surface area contributed by atoms with E-state index in [1.807, 2.05) is 44.2 Å². The molecule has 0 spiro atoms. The number of aliphatic carboxylic acids is 1. The van der Waals surface area contributed by atoms with Gasteiger partial charge >= 0.3 is 5.97 Å². The average molecular weight is 300 g/mol. The van der Waals surface area contributed by atoms with Crippen molar-refractivity contribution in [1.82, 2.24) is 0 Å². The first-order chi connectivity index (χ1) is 9.99. The van der Waals surface area contributed by atoms with Crippen LogP contribution in [-0.2, 0) is 10.5 Å². The Bertz CT molecular complexity index is 675. The van der Waals surface area contributed by atoms with Gasteiger partial charge in [-0.15, -0.1) is 11.8 Å². The van der Waals surface area contributed by atoms with Crippen molar-refractivity contribution in [3.63, 3.8) is 0 Å². The van der Waals surface area contributed by atoms with Gasteiger partial charge in [-0.05, 0) is 31.0 Å². The Morgan fingerprint density at radius 2 is 1.71 bits per heavy atom. The molecule has 0 radical (unpaired) electrons. The van der Waals surface area contributed by atoms with Gasteiger partial charge in [-0.2, -0.15) is 0 Å². The molecule has 0 aromatic heterocycles. The molecule has 21 heavy (non-hydrogen) atoms. The van der Waals surface area contributed by atoms with Crippen molar-refractivity contribution in [1.29, 1.82) is 0 Å². The molecule has 0 heterocycles. The lowest BCUT2D eigenvalue weighted by Crippen LogP contribution is -2.14. The van der Waals surface area contributed by atoms with Gasteiger partial charge < -0.3 is 5.11 Å². The lowest BCUT2D eigenvalue weighted by atomic mass is 10.1. The molecule has 1 N–H and O–H groups in total. The van der Waals surface area contributed by atoms with Crippen molar-refractivity contribution in [2.45, 2.75) is 24.5 Å². The van der Waals surface area contributed by atoms with Gasteiger partial charge in [0.25, 0.3) is 5.78 Å². The van der Waals surface area contributed by atoms with Gasteiger partial charge in [0, 0.05) is 16.2 Å². The zero-order chi connectivity index (χ0) is 15.4. The number of aryl methyl sites for hydroxylation is 2. The lowest BCUT2D eigenvalue weighted by Gasteiger charge is -2.10. The van der Waals surface area contributed by atoms with E-state index in [-0.39, 0.29) is 5.56 Å². The number of benzene rings is 2. The van der Waals surface area contributed by atoms with E-state index in [9.17, 15) is 9.59 Å². The number of ketones is 1. The first kappa shape index (κ1) is 15.3. The van der Waals surface area contributed by atoms with E-state index in [0.29, 0.717) is 5.75 Å². The van der Waals surface area contributed by atoms with Crippen LogP contribution in [0.1, 0.15) is 27.0 Å². The van der Waals surface area contributed by atoms with Gasteiger partial charge in [-0.25, -0.2) is 4.79 Å². The molecular weight excluding hydrogens is 284 g/mol. The molecule has 0 saturated heterocycles. The minimum Gasteiger partial charge on any atom is -0.475 e. The summed E-state index contributed by atoms with van der Waals surface area (Å²) in [7, 11) is 0. The minimum absolute atomic E-state index is 0.264. The molecule has 108 valence electrons. The lowest BCUT2D eigenvalue weighted by molar-refractivity contribution is -0.131. The summed E-state index contributed by atoms with van der Waals surface area (Å²) in [4.78, 5) is 23.4. The highest BCUT2D eigenvalue weighted by molar-refractivity contribution is 7.98. The quantitative estimate of drug-likeness (QED) is 0.517. The first-order valence-corrected chi connectivity index (χ1v) is 7.53. The predicted molar refractivity (Wildman–Crippen MR) is 83.9 cm³/mol. The highest BCUT2D eigenvalue weighted by Crippen LogP contribution is 2.30. The molecule has 0 aliphatic carbocycles. The zero-order valence-corrected chi connectivity index (χ0v) is 12.7. The summed E-state index contributed by atoms with van der Waals surface area (Å²) in [6.07, 6.45) is 0. The van der Waals surface area contributed by atoms with E-state index < -0.39 is 11.8 Å². The average Bonchev–Trinajstić information content (AvgIpc) is 2.46. The Morgan fingerprint density at radius 3 is 2.33 bits per heavy atom. The summed E-state index contributed by atoms with van der Waals surface area (Å²) in [5, 5.41) is 8.91. The second-order valence-electron chi connectivity index (χ2n) is 4.86. The van der Waals surface area contributed by atoms with E-state index >= 15 is 0 Å². The van der Waals surface area contributed by atoms with Crippen LogP contribution < -0.4 is 0 Å². The summed E-state index contributed by atoms with van der Waals surface area (Å²) in [6, 6.07) is 13.3. The normalized spacial score (nSPS) is 10.4. The number of Topliss-reactive ketones (excluding diaryl/α,β-unsaturated/α-hetero) is 1. The third kappa shape index (κ3) is 3.73. The molecular formula is C17H16O3S. The molecule has 0 amide bonds. The van der Waals surface area contributed by atoms with E-state index in [4.69, 9.17) is 5.11 Å². The molecule has 3 nitrogen and oxygen atoms in total. The summed E-state index contributed by atoms with van der Waals surface area (Å²) < 4.78 is 0. The van der Waals surface area contributed by atoms with Gasteiger partial charge in [-0.1, -0.05) is 42.0 Å². The van der Waals surface area contributed by atoms with E-state index in [0.717, 1.165) is 16.0 Å². The van der Waals surface area contributed by atoms with Crippen molar-refractivity contribution in [2.75, 3.05) is 0 Å². The van der Waals surface area contributed by atoms with Gasteiger partial charge in [0.15, 0.2) is 0 Å². The van der Waals surface area contributed by atoms with Gasteiger partial charge in [0.1, 0.15) is 0 Å². The van der Waals surface area contributed by atoms with Crippen LogP contribution in [0.2, 0.25) is 0 Å². The third-order valence-corrected chi connectivity index (χ3v) is 4.46. The predicted octanol–water partition coefficient (Wildman–Crippen LogP) is 3.86. The summed E-state index contributed by atoms with van der Waals surface area (Å²) in [5.41, 5.74) is 3.52. The topological polar surface area (TPSA) is 54.4 Å². The number of carbonyl (C=O) groups is 2. The van der Waals surface area contributed by atoms with Crippen molar-refractivity contribution in [3.05, 3.63) is 64.7 Å². The maximum absolute atomic E-state index is 11.8. The fourth-order valence-electron chi connectivity index (χ4n) is 1.98. The molecule has 0 bridgehead atoms. The Morgan fingerprint density at radius 1 is 1.05 bits per heavy atom. The summed E-state index contributed by atoms with van der Waals surface area (Å²) in [6.45, 7) is 3.91. The molecule has 2 aromatic rings. The Labute approximate surface area is 128 Å². The van der Waals surface area contributed by atoms with Crippen LogP contribution in [0, 0.1) is 13.8 Å². The molecule has 0 fully saturated rings. The van der Waals surface area contributed by atoms with Crippen LogP contribution in [0.4, 0.5) is 0 Å². The van der Waals surface area contributed by atoms with E-state index in [2.05, 4.69) is 0 Å². The van der Waals surface area contributed by atoms with Crippen LogP contribution >= 0.6 is 11.8 Å². The molecule has 2 rings (SSSR count). The van der Waals surface area contributed by atoms with Crippen molar-refractivity contribution in [3.8, 4) is 0 Å². The van der Waals surface area contributed by atoms with Crippen LogP contribution in [0.15, 0.2) is 47.4 Å². The molecule has 0 atom stereocenters. The number of carboxylic acid groups (broad SMARTS) is 1. The zero-order valence-electron chi connectivity index (χ0n) is 11.9. The minimum atomic E-state index is -1.42. The largest absolute Gasteiger partial charge is 0.475 e. The molecule has 0 unspecified atom stereocenters. The van der Waals surface area contributed by atoms with Gasteiger partial charge in [0.2, 0.25) is 0 Å². The number of thioether (sulfide) groups is 1. The summed E-state index contributed by atoms with van der Waals surface area (Å²) >= 11 is 1.49. The Hall–Kier alpha value is -2.07. The first-order valence-electron chi connectivity index (χ1n) is 6.54. The number of rotatable bonds is 5. The molecule has 0 aliphatic rings. The fraction of sp³-hybridized carbons (Fsp3) is 0.176. The Kier molecular flexibility index (Phi) is 4.81. The van der Waals surface area contributed by atoms with Crippen molar-refractivity contribution >= 4 is 23.5 Å². The summed E-state index contributed by atoms with van der Waals surface area (Å²) in [5.74, 6) is -1.58. The number of hydrogen-bond acceptors (Lipinski definition) is 3. The van der Waals surface area contributed by atoms with E-state index in [1.54, 1.807) is 12.1 Å². The maximum atomic E-state index is 11.8. The molecule has 2 aromatic carbocycles. The molecule has 0 aliphatic heterocycles. The van der Waals surface area contributed by atoms with Crippen LogP contribution in [0.5, 0.6) is 0 Å². The maximum Gasteiger partial charge on any atom is 0.377 e. The Balaban J connectivity index is 2.25. The van der Waals surface area contributed by atoms with Crippen LogP contribution in [0.3, 0.4) is 0 Å². The standard InChI is InChI=1S/C17H16O3S/c1-11-6-8-13(9-7-11)10-21-16-12(2)4-3-5-14(16)15(18)17(19)20/h3-9H,10H2,1-2H3,(H,19,20). The van der Waals surface area contributed by atoms with Crippen LogP contribution in [-0.4, -0.2) is 16.9 Å². The highest BCUT2D eigenvalue weighted by Gasteiger charge is 2.19. The highest BCUT2D eigenvalue weighted by atomic mass is 32.2. The molecule has 4 heteroatoms. The monoisotopic (exact) mass is 300 g/mol. The number of carbonyl (C=O) groups excluding carboxylic acids is 1. The smallest absolute Gasteiger partial charge is 0.377 e. The number of hydrogen-bond donors (Lipinski definition) is 1. The third-order valence-electron chi connectivity index (χ3n) is 3.15. The van der Waals surface area contributed by atoms with Crippen molar-refractivity contribution < 1.29 is 14.7 Å². The number of carboxylic acids is 1. The van der Waals surface area contributed by atoms with Crippen molar-refractivity contribution in [2.24, 2.45) is 0 Å². The molecule has 0 saturated carbocycles. The second kappa shape index (κ2) is 6.59.